The highest BCUT2D eigenvalue weighted by atomic mass is 32.2. The fraction of sp³-hybridized carbons (Fsp3) is 0.375. The molecule has 2 rings (SSSR count). The van der Waals surface area contributed by atoms with E-state index >= 15 is 0 Å². The lowest BCUT2D eigenvalue weighted by atomic mass is 9.87. The SMILES string of the molecule is CCOC(=O)c1cn[nH]c1S(=O)(=O)Nc1ccc(C(C)(C)C)cc1. The van der Waals surface area contributed by atoms with Crippen molar-refractivity contribution in [3.05, 3.63) is 41.6 Å². The lowest BCUT2D eigenvalue weighted by molar-refractivity contribution is 0.0522. The van der Waals surface area contributed by atoms with E-state index in [-0.39, 0.29) is 22.6 Å². The summed E-state index contributed by atoms with van der Waals surface area (Å²) >= 11 is 0. The van der Waals surface area contributed by atoms with Crippen LogP contribution in [0.3, 0.4) is 0 Å². The molecule has 0 radical (unpaired) electrons. The van der Waals surface area contributed by atoms with Crippen molar-refractivity contribution in [2.45, 2.75) is 38.1 Å². The first-order valence-corrected chi connectivity index (χ1v) is 8.97. The van der Waals surface area contributed by atoms with Gasteiger partial charge in [-0.25, -0.2) is 4.79 Å². The number of anilines is 1. The zero-order valence-corrected chi connectivity index (χ0v) is 14.9. The maximum absolute atomic E-state index is 12.5. The van der Waals surface area contributed by atoms with Gasteiger partial charge in [-0.05, 0) is 30.0 Å². The van der Waals surface area contributed by atoms with Crippen LogP contribution in [0.2, 0.25) is 0 Å². The minimum Gasteiger partial charge on any atom is -0.462 e. The maximum Gasteiger partial charge on any atom is 0.342 e. The Hall–Kier alpha value is -2.35. The molecule has 1 aromatic heterocycles. The van der Waals surface area contributed by atoms with Crippen LogP contribution in [0.1, 0.15) is 43.6 Å². The summed E-state index contributed by atoms with van der Waals surface area (Å²) in [6.07, 6.45) is 1.13. The number of benzene rings is 1. The van der Waals surface area contributed by atoms with Crippen LogP contribution < -0.4 is 4.72 Å². The second-order valence-corrected chi connectivity index (χ2v) is 7.89. The van der Waals surface area contributed by atoms with Gasteiger partial charge < -0.3 is 4.74 Å². The summed E-state index contributed by atoms with van der Waals surface area (Å²) < 4.78 is 32.2. The molecule has 7 nitrogen and oxygen atoms in total. The number of aromatic nitrogens is 2. The Labute approximate surface area is 141 Å². The van der Waals surface area contributed by atoms with Crippen LogP contribution in [0.4, 0.5) is 5.69 Å². The number of carbonyl (C=O) groups excluding carboxylic acids is 1. The standard InChI is InChI=1S/C16H21N3O4S/c1-5-23-15(20)13-10-17-18-14(13)24(21,22)19-12-8-6-11(7-9-12)16(2,3)4/h6-10,19H,5H2,1-4H3,(H,17,18). The van der Waals surface area contributed by atoms with Crippen LogP contribution in [0.25, 0.3) is 0 Å². The molecule has 2 N–H and O–H groups in total. The minimum atomic E-state index is -3.98. The van der Waals surface area contributed by atoms with Gasteiger partial charge in [0.25, 0.3) is 10.0 Å². The van der Waals surface area contributed by atoms with Crippen LogP contribution in [0.15, 0.2) is 35.5 Å². The number of aromatic amines is 1. The Morgan fingerprint density at radius 2 is 1.88 bits per heavy atom. The molecule has 0 unspecified atom stereocenters. The van der Waals surface area contributed by atoms with Gasteiger partial charge in [0.1, 0.15) is 5.56 Å². The molecule has 0 bridgehead atoms. The molecule has 1 aromatic carbocycles. The number of esters is 1. The van der Waals surface area contributed by atoms with Crippen LogP contribution in [-0.4, -0.2) is 31.2 Å². The third-order valence-corrected chi connectivity index (χ3v) is 4.72. The molecular weight excluding hydrogens is 330 g/mol. The topological polar surface area (TPSA) is 101 Å². The highest BCUT2D eigenvalue weighted by molar-refractivity contribution is 7.92. The van der Waals surface area contributed by atoms with Gasteiger partial charge in [0.2, 0.25) is 0 Å². The summed E-state index contributed by atoms with van der Waals surface area (Å²) in [5, 5.41) is 5.66. The Morgan fingerprint density at radius 1 is 1.25 bits per heavy atom. The number of nitrogens with zero attached hydrogens (tertiary/aromatic N) is 1. The van der Waals surface area contributed by atoms with Gasteiger partial charge in [0.15, 0.2) is 5.03 Å². The maximum atomic E-state index is 12.5. The first-order chi connectivity index (χ1) is 11.1. The molecule has 130 valence electrons. The van der Waals surface area contributed by atoms with E-state index in [9.17, 15) is 13.2 Å². The first kappa shape index (κ1) is 18.0. The van der Waals surface area contributed by atoms with Crippen molar-refractivity contribution in [1.29, 1.82) is 0 Å². The van der Waals surface area contributed by atoms with E-state index in [4.69, 9.17) is 4.74 Å². The number of ether oxygens (including phenoxy) is 1. The number of sulfonamides is 1. The highest BCUT2D eigenvalue weighted by Gasteiger charge is 2.26. The Kier molecular flexibility index (Phi) is 4.98. The lowest BCUT2D eigenvalue weighted by Gasteiger charge is -2.19. The summed E-state index contributed by atoms with van der Waals surface area (Å²) in [5.41, 5.74) is 1.32. The summed E-state index contributed by atoms with van der Waals surface area (Å²) in [5.74, 6) is -0.741. The van der Waals surface area contributed by atoms with Gasteiger partial charge in [-0.15, -0.1) is 0 Å². The fourth-order valence-corrected chi connectivity index (χ4v) is 3.22. The van der Waals surface area contributed by atoms with Crippen molar-refractivity contribution >= 4 is 21.7 Å². The van der Waals surface area contributed by atoms with Crippen molar-refractivity contribution in [2.75, 3.05) is 11.3 Å². The molecule has 0 amide bonds. The van der Waals surface area contributed by atoms with E-state index < -0.39 is 16.0 Å². The fourth-order valence-electron chi connectivity index (χ4n) is 2.08. The van der Waals surface area contributed by atoms with Crippen molar-refractivity contribution in [1.82, 2.24) is 10.2 Å². The van der Waals surface area contributed by atoms with Gasteiger partial charge >= 0.3 is 5.97 Å². The lowest BCUT2D eigenvalue weighted by Crippen LogP contribution is -2.18. The largest absolute Gasteiger partial charge is 0.462 e. The summed E-state index contributed by atoms with van der Waals surface area (Å²) in [7, 11) is -3.98. The molecule has 0 saturated carbocycles. The average Bonchev–Trinajstić information content (AvgIpc) is 2.97. The predicted molar refractivity (Wildman–Crippen MR) is 90.5 cm³/mol. The Bertz CT molecular complexity index is 818. The summed E-state index contributed by atoms with van der Waals surface area (Å²) in [4.78, 5) is 11.8. The van der Waals surface area contributed by atoms with Crippen LogP contribution >= 0.6 is 0 Å². The smallest absolute Gasteiger partial charge is 0.342 e. The molecule has 0 atom stereocenters. The molecule has 0 aliphatic carbocycles. The van der Waals surface area contributed by atoms with E-state index in [0.29, 0.717) is 5.69 Å². The van der Waals surface area contributed by atoms with Crippen LogP contribution in [-0.2, 0) is 20.2 Å². The van der Waals surface area contributed by atoms with E-state index in [1.807, 2.05) is 12.1 Å². The zero-order valence-electron chi connectivity index (χ0n) is 14.1. The minimum absolute atomic E-state index is 0.0299. The monoisotopic (exact) mass is 351 g/mol. The van der Waals surface area contributed by atoms with Gasteiger partial charge in [0.05, 0.1) is 12.8 Å². The number of H-pyrrole nitrogens is 1. The average molecular weight is 351 g/mol. The van der Waals surface area contributed by atoms with Crippen LogP contribution in [0, 0.1) is 0 Å². The van der Waals surface area contributed by atoms with Gasteiger partial charge in [-0.3, -0.25) is 9.82 Å². The number of hydrogen-bond donors (Lipinski definition) is 2. The number of carbonyl (C=O) groups is 1. The Morgan fingerprint density at radius 3 is 2.42 bits per heavy atom. The molecule has 2 aromatic rings. The predicted octanol–water partition coefficient (Wildman–Crippen LogP) is 2.68. The normalized spacial score (nSPS) is 12.0. The second kappa shape index (κ2) is 6.64. The van der Waals surface area contributed by atoms with Crippen molar-refractivity contribution < 1.29 is 17.9 Å². The van der Waals surface area contributed by atoms with Crippen molar-refractivity contribution in [2.24, 2.45) is 0 Å². The third kappa shape index (κ3) is 3.94. The van der Waals surface area contributed by atoms with E-state index in [1.54, 1.807) is 19.1 Å². The first-order valence-electron chi connectivity index (χ1n) is 7.49. The molecule has 0 aliphatic rings. The molecule has 0 spiro atoms. The molecule has 8 heteroatoms. The molecule has 1 heterocycles. The zero-order chi connectivity index (χ0) is 18.0. The Balaban J connectivity index is 2.27. The van der Waals surface area contributed by atoms with Crippen molar-refractivity contribution in [3.63, 3.8) is 0 Å². The summed E-state index contributed by atoms with van der Waals surface area (Å²) in [6, 6.07) is 7.07. The summed E-state index contributed by atoms with van der Waals surface area (Å²) in [6.45, 7) is 8.00. The van der Waals surface area contributed by atoms with Gasteiger partial charge in [-0.2, -0.15) is 13.5 Å². The second-order valence-electron chi connectivity index (χ2n) is 6.27. The van der Waals surface area contributed by atoms with Gasteiger partial charge in [0, 0.05) is 5.69 Å². The van der Waals surface area contributed by atoms with Crippen LogP contribution in [0.5, 0.6) is 0 Å². The number of nitrogens with one attached hydrogen (secondary N) is 2. The van der Waals surface area contributed by atoms with E-state index in [2.05, 4.69) is 35.7 Å². The molecule has 24 heavy (non-hydrogen) atoms. The molecular formula is C16H21N3O4S. The quantitative estimate of drug-likeness (QED) is 0.807. The molecule has 0 fully saturated rings. The van der Waals surface area contributed by atoms with E-state index in [1.165, 1.54) is 0 Å². The number of hydrogen-bond acceptors (Lipinski definition) is 5. The van der Waals surface area contributed by atoms with E-state index in [0.717, 1.165) is 11.8 Å². The molecule has 0 saturated heterocycles. The highest BCUT2D eigenvalue weighted by Crippen LogP contribution is 2.25. The third-order valence-electron chi connectivity index (χ3n) is 3.37. The van der Waals surface area contributed by atoms with Crippen molar-refractivity contribution in [3.8, 4) is 0 Å². The number of rotatable bonds is 5. The molecule has 0 aliphatic heterocycles. The van der Waals surface area contributed by atoms with Gasteiger partial charge in [-0.1, -0.05) is 32.9 Å².